The highest BCUT2D eigenvalue weighted by molar-refractivity contribution is 5.97. The number of nitrogens with zero attached hydrogens (tertiary/aromatic N) is 1. The van der Waals surface area contributed by atoms with E-state index in [1.54, 1.807) is 24.3 Å². The number of benzene rings is 1. The van der Waals surface area contributed by atoms with Crippen LogP contribution in [-0.4, -0.2) is 36.9 Å². The molecule has 0 bridgehead atoms. The zero-order valence-corrected chi connectivity index (χ0v) is 8.53. The molecular weight excluding hydrogens is 216 g/mol. The molecule has 5 heteroatoms. The van der Waals surface area contributed by atoms with Crippen molar-refractivity contribution in [1.82, 2.24) is 4.90 Å². The summed E-state index contributed by atoms with van der Waals surface area (Å²) in [5.74, 6) is 0.0673. The van der Waals surface area contributed by atoms with E-state index in [2.05, 4.69) is 0 Å². The van der Waals surface area contributed by atoms with Gasteiger partial charge >= 0.3 is 0 Å². The van der Waals surface area contributed by atoms with E-state index >= 15 is 0 Å². The number of carbonyl (C=O) groups is 1. The first-order chi connectivity index (χ1) is 7.68. The zero-order valence-electron chi connectivity index (χ0n) is 8.53. The molecule has 1 aromatic carbocycles. The average molecular weight is 227 g/mol. The fourth-order valence-corrected chi connectivity index (χ4v) is 1.65. The molecule has 3 nitrogen and oxygen atoms in total. The summed E-state index contributed by atoms with van der Waals surface area (Å²) in [6.07, 6.45) is -2.52. The maximum Gasteiger partial charge on any atom is 0.257 e. The highest BCUT2D eigenvalue weighted by Gasteiger charge is 2.24. The first-order valence-electron chi connectivity index (χ1n) is 4.98. The Morgan fingerprint density at radius 2 is 2.12 bits per heavy atom. The van der Waals surface area contributed by atoms with Crippen molar-refractivity contribution in [2.24, 2.45) is 0 Å². The number of fused-ring (bicyclic) bond motifs is 1. The highest BCUT2D eigenvalue weighted by atomic mass is 19.3. The first-order valence-corrected chi connectivity index (χ1v) is 4.98. The Bertz CT molecular complexity index is 395. The number of para-hydroxylation sites is 1. The van der Waals surface area contributed by atoms with Gasteiger partial charge in [0.25, 0.3) is 12.3 Å². The summed E-state index contributed by atoms with van der Waals surface area (Å²) in [7, 11) is 0. The summed E-state index contributed by atoms with van der Waals surface area (Å²) < 4.78 is 29.9. The van der Waals surface area contributed by atoms with Gasteiger partial charge in [-0.1, -0.05) is 12.1 Å². The van der Waals surface area contributed by atoms with Crippen LogP contribution in [0.3, 0.4) is 0 Å². The molecule has 0 atom stereocenters. The SMILES string of the molecule is O=C1c2ccccc2OCCN1CC(F)F. The topological polar surface area (TPSA) is 29.5 Å². The molecule has 1 aliphatic rings. The molecule has 0 spiro atoms. The summed E-state index contributed by atoms with van der Waals surface area (Å²) in [6.45, 7) is -0.107. The van der Waals surface area contributed by atoms with Crippen LogP contribution in [0.1, 0.15) is 10.4 Å². The van der Waals surface area contributed by atoms with Gasteiger partial charge in [0.15, 0.2) is 0 Å². The van der Waals surface area contributed by atoms with Crippen LogP contribution < -0.4 is 4.74 Å². The molecule has 0 fully saturated rings. The molecule has 1 heterocycles. The van der Waals surface area contributed by atoms with Crippen LogP contribution in [-0.2, 0) is 0 Å². The lowest BCUT2D eigenvalue weighted by atomic mass is 10.2. The molecule has 0 N–H and O–H groups in total. The lowest BCUT2D eigenvalue weighted by Crippen LogP contribution is -2.36. The Morgan fingerprint density at radius 3 is 2.88 bits per heavy atom. The smallest absolute Gasteiger partial charge is 0.257 e. The molecule has 0 aliphatic carbocycles. The summed E-state index contributed by atoms with van der Waals surface area (Å²) in [5.41, 5.74) is 0.348. The van der Waals surface area contributed by atoms with E-state index in [1.165, 1.54) is 0 Å². The average Bonchev–Trinajstić information content (AvgIpc) is 2.40. The van der Waals surface area contributed by atoms with E-state index < -0.39 is 18.9 Å². The van der Waals surface area contributed by atoms with E-state index in [9.17, 15) is 13.6 Å². The monoisotopic (exact) mass is 227 g/mol. The van der Waals surface area contributed by atoms with E-state index in [0.717, 1.165) is 4.90 Å². The van der Waals surface area contributed by atoms with Crippen molar-refractivity contribution in [3.05, 3.63) is 29.8 Å². The fraction of sp³-hybridized carbons (Fsp3) is 0.364. The minimum Gasteiger partial charge on any atom is -0.491 e. The van der Waals surface area contributed by atoms with Crippen LogP contribution in [0.5, 0.6) is 5.75 Å². The minimum atomic E-state index is -2.52. The quantitative estimate of drug-likeness (QED) is 0.770. The van der Waals surface area contributed by atoms with Gasteiger partial charge in [0, 0.05) is 0 Å². The Hall–Kier alpha value is -1.65. The van der Waals surface area contributed by atoms with Gasteiger partial charge in [-0.25, -0.2) is 8.78 Å². The molecule has 0 unspecified atom stereocenters. The lowest BCUT2D eigenvalue weighted by Gasteiger charge is -2.18. The van der Waals surface area contributed by atoms with Crippen molar-refractivity contribution in [1.29, 1.82) is 0 Å². The van der Waals surface area contributed by atoms with Crippen molar-refractivity contribution >= 4 is 5.91 Å². The van der Waals surface area contributed by atoms with Gasteiger partial charge < -0.3 is 9.64 Å². The number of amides is 1. The molecule has 16 heavy (non-hydrogen) atoms. The number of ether oxygens (including phenoxy) is 1. The van der Waals surface area contributed by atoms with Gasteiger partial charge in [-0.3, -0.25) is 4.79 Å². The van der Waals surface area contributed by atoms with Gasteiger partial charge in [-0.15, -0.1) is 0 Å². The minimum absolute atomic E-state index is 0.192. The van der Waals surface area contributed by atoms with Crippen LogP contribution in [0.4, 0.5) is 8.78 Å². The first kappa shape index (κ1) is 10.9. The second-order valence-corrected chi connectivity index (χ2v) is 3.49. The number of rotatable bonds is 2. The van der Waals surface area contributed by atoms with Crippen molar-refractivity contribution in [2.75, 3.05) is 19.7 Å². The molecule has 0 aromatic heterocycles. The van der Waals surface area contributed by atoms with E-state index in [1.807, 2.05) is 0 Å². The Labute approximate surface area is 91.6 Å². The second kappa shape index (κ2) is 4.47. The summed E-state index contributed by atoms with van der Waals surface area (Å²) in [5, 5.41) is 0. The predicted octanol–water partition coefficient (Wildman–Crippen LogP) is 1.79. The zero-order chi connectivity index (χ0) is 11.5. The Kier molecular flexibility index (Phi) is 3.03. The van der Waals surface area contributed by atoms with Crippen molar-refractivity contribution in [2.45, 2.75) is 6.43 Å². The molecule has 86 valence electrons. The third-order valence-corrected chi connectivity index (χ3v) is 2.38. The van der Waals surface area contributed by atoms with Crippen LogP contribution in [0.2, 0.25) is 0 Å². The van der Waals surface area contributed by atoms with Gasteiger partial charge in [-0.2, -0.15) is 0 Å². The van der Waals surface area contributed by atoms with Crippen LogP contribution in [0, 0.1) is 0 Å². The second-order valence-electron chi connectivity index (χ2n) is 3.49. The fourth-order valence-electron chi connectivity index (χ4n) is 1.65. The number of halogens is 2. The van der Waals surface area contributed by atoms with Gasteiger partial charge in [0.1, 0.15) is 12.4 Å². The van der Waals surface area contributed by atoms with Crippen LogP contribution in [0.15, 0.2) is 24.3 Å². The van der Waals surface area contributed by atoms with E-state index in [-0.39, 0.29) is 13.2 Å². The Balaban J connectivity index is 2.26. The van der Waals surface area contributed by atoms with Crippen molar-refractivity contribution in [3.8, 4) is 5.75 Å². The largest absolute Gasteiger partial charge is 0.491 e. The molecule has 1 aromatic rings. The Morgan fingerprint density at radius 1 is 1.38 bits per heavy atom. The number of hydrogen-bond acceptors (Lipinski definition) is 2. The van der Waals surface area contributed by atoms with E-state index in [0.29, 0.717) is 11.3 Å². The maximum absolute atomic E-state index is 12.3. The predicted molar refractivity (Wildman–Crippen MR) is 53.8 cm³/mol. The highest BCUT2D eigenvalue weighted by Crippen LogP contribution is 2.22. The molecular formula is C11H11F2NO2. The number of hydrogen-bond donors (Lipinski definition) is 0. The van der Waals surface area contributed by atoms with Crippen molar-refractivity contribution in [3.63, 3.8) is 0 Å². The molecule has 0 radical (unpaired) electrons. The van der Waals surface area contributed by atoms with Crippen LogP contribution in [0.25, 0.3) is 0 Å². The van der Waals surface area contributed by atoms with Crippen LogP contribution >= 0.6 is 0 Å². The lowest BCUT2D eigenvalue weighted by molar-refractivity contribution is 0.0548. The van der Waals surface area contributed by atoms with Gasteiger partial charge in [-0.05, 0) is 12.1 Å². The summed E-state index contributed by atoms with van der Waals surface area (Å²) in [4.78, 5) is 13.0. The third-order valence-electron chi connectivity index (χ3n) is 2.38. The van der Waals surface area contributed by atoms with Gasteiger partial charge in [0.2, 0.25) is 0 Å². The molecule has 2 rings (SSSR count). The molecule has 0 saturated carbocycles. The standard InChI is InChI=1S/C11H11F2NO2/c12-10(13)7-14-5-6-16-9-4-2-1-3-8(9)11(14)15/h1-4,10H,5-7H2. The summed E-state index contributed by atoms with van der Waals surface area (Å²) >= 11 is 0. The van der Waals surface area contributed by atoms with E-state index in [4.69, 9.17) is 4.74 Å². The number of alkyl halides is 2. The molecule has 0 saturated heterocycles. The normalized spacial score (nSPS) is 15.7. The van der Waals surface area contributed by atoms with Crippen molar-refractivity contribution < 1.29 is 18.3 Å². The van der Waals surface area contributed by atoms with Gasteiger partial charge in [0.05, 0.1) is 18.7 Å². The third kappa shape index (κ3) is 2.13. The molecule has 1 aliphatic heterocycles. The summed E-state index contributed by atoms with van der Waals surface area (Å²) in [6, 6.07) is 6.68. The molecule has 1 amide bonds. The maximum atomic E-state index is 12.3. The number of carbonyl (C=O) groups excluding carboxylic acids is 1.